The van der Waals surface area contributed by atoms with Gasteiger partial charge in [0.1, 0.15) is 0 Å². The highest BCUT2D eigenvalue weighted by molar-refractivity contribution is 6.81. The van der Waals surface area contributed by atoms with Gasteiger partial charge in [-0.1, -0.05) is 71.5 Å². The minimum atomic E-state index is -1.49. The van der Waals surface area contributed by atoms with Crippen molar-refractivity contribution in [3.63, 3.8) is 0 Å². The van der Waals surface area contributed by atoms with Gasteiger partial charge in [-0.2, -0.15) is 0 Å². The molecule has 2 rings (SSSR count). The van der Waals surface area contributed by atoms with Gasteiger partial charge in [-0.05, 0) is 50.4 Å². The number of carbonyl (C=O) groups is 1. The third-order valence-electron chi connectivity index (χ3n) is 7.19. The average Bonchev–Trinajstić information content (AvgIpc) is 2.64. The van der Waals surface area contributed by atoms with Crippen LogP contribution in [0, 0.1) is 29.1 Å². The number of aliphatic carboxylic acids is 1. The van der Waals surface area contributed by atoms with Gasteiger partial charge in [-0.3, -0.25) is 4.79 Å². The van der Waals surface area contributed by atoms with Gasteiger partial charge in [0, 0.05) is 11.8 Å². The summed E-state index contributed by atoms with van der Waals surface area (Å²) in [4.78, 5) is 12.3. The third-order valence-corrected chi connectivity index (χ3v) is 8.39. The lowest BCUT2D eigenvalue weighted by atomic mass is 9.65. The summed E-state index contributed by atoms with van der Waals surface area (Å²) in [6.45, 7) is 19.5. The Morgan fingerprint density at radius 2 is 1.81 bits per heavy atom. The predicted octanol–water partition coefficient (Wildman–Crippen LogP) is 6.91. The Kier molecular flexibility index (Phi) is 9.03. The Balaban J connectivity index is 2.26. The summed E-state index contributed by atoms with van der Waals surface area (Å²) >= 11 is 0. The molecule has 2 fully saturated rings. The van der Waals surface area contributed by atoms with E-state index in [4.69, 9.17) is 9.47 Å². The summed E-state index contributed by atoms with van der Waals surface area (Å²) in [7, 11) is -1.49. The van der Waals surface area contributed by atoms with Crippen molar-refractivity contribution in [2.75, 3.05) is 13.2 Å². The molecule has 0 radical (unpaired) electrons. The summed E-state index contributed by atoms with van der Waals surface area (Å²) in [6.07, 6.45) is 6.81. The standard InChI is InChI=1S/C26H48O4Si/c1-9-10-11-22(24(27)28)21-13-12-19(2)20(23(21)16-31(6,7)8)14-15-26(5)29-17-25(3,4)18-30-26/h16,19-22H,9-15,17-18H2,1-8H3,(H,27,28)/b23-16+/t19-,20+,21+,22?/m1/s1. The first-order chi connectivity index (χ1) is 14.3. The van der Waals surface area contributed by atoms with E-state index < -0.39 is 19.8 Å². The highest BCUT2D eigenvalue weighted by Crippen LogP contribution is 2.47. The molecule has 2 aliphatic rings. The Bertz CT molecular complexity index is 624. The van der Waals surface area contributed by atoms with Crippen LogP contribution < -0.4 is 0 Å². The second-order valence-corrected chi connectivity index (χ2v) is 17.3. The van der Waals surface area contributed by atoms with Gasteiger partial charge in [0.15, 0.2) is 5.79 Å². The summed E-state index contributed by atoms with van der Waals surface area (Å²) < 4.78 is 12.4. The zero-order valence-electron chi connectivity index (χ0n) is 21.4. The summed E-state index contributed by atoms with van der Waals surface area (Å²) in [5.74, 6) is -0.216. The van der Waals surface area contributed by atoms with Gasteiger partial charge in [0.05, 0.1) is 27.2 Å². The Labute approximate surface area is 192 Å². The highest BCUT2D eigenvalue weighted by atomic mass is 28.3. The topological polar surface area (TPSA) is 55.8 Å². The van der Waals surface area contributed by atoms with Crippen molar-refractivity contribution < 1.29 is 19.4 Å². The maximum atomic E-state index is 12.3. The molecule has 31 heavy (non-hydrogen) atoms. The molecule has 1 aliphatic carbocycles. The van der Waals surface area contributed by atoms with Crippen LogP contribution in [-0.2, 0) is 14.3 Å². The van der Waals surface area contributed by atoms with E-state index in [1.165, 1.54) is 5.57 Å². The lowest BCUT2D eigenvalue weighted by Gasteiger charge is -2.44. The molecular formula is C26H48O4Si. The molecule has 5 heteroatoms. The summed E-state index contributed by atoms with van der Waals surface area (Å²) in [5, 5.41) is 10.1. The molecule has 4 atom stereocenters. The van der Waals surface area contributed by atoms with Gasteiger partial charge in [-0.25, -0.2) is 0 Å². The second-order valence-electron chi connectivity index (χ2n) is 12.3. The molecule has 4 nitrogen and oxygen atoms in total. The van der Waals surface area contributed by atoms with Crippen molar-refractivity contribution in [3.05, 3.63) is 11.3 Å². The largest absolute Gasteiger partial charge is 0.481 e. The first kappa shape index (κ1) is 26.6. The molecule has 0 amide bonds. The quantitative estimate of drug-likeness (QED) is 0.386. The summed E-state index contributed by atoms with van der Waals surface area (Å²) in [6, 6.07) is 0. The fourth-order valence-corrected chi connectivity index (χ4v) is 6.70. The number of hydrogen-bond acceptors (Lipinski definition) is 3. The monoisotopic (exact) mass is 452 g/mol. The molecule has 1 unspecified atom stereocenters. The zero-order valence-corrected chi connectivity index (χ0v) is 22.4. The first-order valence-corrected chi connectivity index (χ1v) is 16.1. The fourth-order valence-electron chi connectivity index (χ4n) is 5.27. The van der Waals surface area contributed by atoms with E-state index in [2.05, 4.69) is 60.0 Å². The average molecular weight is 453 g/mol. The highest BCUT2D eigenvalue weighted by Gasteiger charge is 2.42. The molecule has 1 saturated heterocycles. The predicted molar refractivity (Wildman–Crippen MR) is 131 cm³/mol. The van der Waals surface area contributed by atoms with E-state index in [9.17, 15) is 9.90 Å². The van der Waals surface area contributed by atoms with Crippen LogP contribution in [-0.4, -0.2) is 38.2 Å². The number of carboxylic acid groups (broad SMARTS) is 1. The third kappa shape index (κ3) is 7.71. The Morgan fingerprint density at radius 3 is 2.32 bits per heavy atom. The van der Waals surface area contributed by atoms with Crippen LogP contribution in [0.1, 0.15) is 79.6 Å². The lowest BCUT2D eigenvalue weighted by Crippen LogP contribution is -2.46. The molecule has 0 aromatic heterocycles. The maximum Gasteiger partial charge on any atom is 0.307 e. The smallest absolute Gasteiger partial charge is 0.307 e. The molecule has 1 heterocycles. The van der Waals surface area contributed by atoms with E-state index in [-0.39, 0.29) is 17.3 Å². The molecule has 1 saturated carbocycles. The van der Waals surface area contributed by atoms with Crippen LogP contribution in [0.2, 0.25) is 19.6 Å². The van der Waals surface area contributed by atoms with Crippen LogP contribution in [0.3, 0.4) is 0 Å². The number of ether oxygens (including phenoxy) is 2. The van der Waals surface area contributed by atoms with Crippen molar-refractivity contribution >= 4 is 14.0 Å². The van der Waals surface area contributed by atoms with Crippen molar-refractivity contribution in [1.29, 1.82) is 0 Å². The van der Waals surface area contributed by atoms with Crippen molar-refractivity contribution in [2.24, 2.45) is 29.1 Å². The minimum absolute atomic E-state index is 0.0691. The lowest BCUT2D eigenvalue weighted by molar-refractivity contribution is -0.293. The molecule has 180 valence electrons. The summed E-state index contributed by atoms with van der Waals surface area (Å²) in [5.41, 5.74) is 4.05. The van der Waals surface area contributed by atoms with Crippen LogP contribution in [0.25, 0.3) is 0 Å². The van der Waals surface area contributed by atoms with Crippen LogP contribution in [0.5, 0.6) is 0 Å². The van der Waals surface area contributed by atoms with E-state index in [0.717, 1.165) is 58.2 Å². The van der Waals surface area contributed by atoms with Crippen molar-refractivity contribution in [3.8, 4) is 0 Å². The number of carboxylic acids is 1. The normalized spacial score (nSPS) is 30.8. The van der Waals surface area contributed by atoms with Gasteiger partial charge in [0.25, 0.3) is 0 Å². The second kappa shape index (κ2) is 10.5. The molecule has 1 N–H and O–H groups in total. The van der Waals surface area contributed by atoms with Crippen LogP contribution in [0.15, 0.2) is 11.3 Å². The SMILES string of the molecule is CCCCC(C(=O)O)[C@@H]1CC[C@@H](C)[C@H](CCC2(C)OCC(C)(C)CO2)/C1=C\[Si](C)(C)C. The number of hydrogen-bond donors (Lipinski definition) is 1. The number of allylic oxidation sites excluding steroid dienone is 1. The Hall–Kier alpha value is -0.653. The zero-order chi connectivity index (χ0) is 23.4. The van der Waals surface area contributed by atoms with Crippen LogP contribution >= 0.6 is 0 Å². The van der Waals surface area contributed by atoms with Gasteiger partial charge in [-0.15, -0.1) is 0 Å². The molecule has 1 aliphatic heterocycles. The molecular weight excluding hydrogens is 404 g/mol. The number of rotatable bonds is 9. The van der Waals surface area contributed by atoms with Crippen molar-refractivity contribution in [1.82, 2.24) is 0 Å². The van der Waals surface area contributed by atoms with E-state index in [0.29, 0.717) is 11.8 Å². The first-order valence-electron chi connectivity index (χ1n) is 12.5. The molecule has 0 bridgehead atoms. The molecule has 0 aromatic carbocycles. The van der Waals surface area contributed by atoms with Crippen molar-refractivity contribution in [2.45, 2.75) is 105 Å². The Morgan fingerprint density at radius 1 is 1.19 bits per heavy atom. The molecule has 0 spiro atoms. The number of unbranched alkanes of at least 4 members (excludes halogenated alkanes) is 1. The van der Waals surface area contributed by atoms with E-state index in [1.807, 2.05) is 0 Å². The van der Waals surface area contributed by atoms with Crippen LogP contribution in [0.4, 0.5) is 0 Å². The van der Waals surface area contributed by atoms with Gasteiger partial charge < -0.3 is 14.6 Å². The van der Waals surface area contributed by atoms with E-state index >= 15 is 0 Å². The molecule has 0 aromatic rings. The van der Waals surface area contributed by atoms with Gasteiger partial charge >= 0.3 is 5.97 Å². The fraction of sp³-hybridized carbons (Fsp3) is 0.885. The minimum Gasteiger partial charge on any atom is -0.481 e. The van der Waals surface area contributed by atoms with Gasteiger partial charge in [0.2, 0.25) is 0 Å². The van der Waals surface area contributed by atoms with E-state index in [1.54, 1.807) is 0 Å². The maximum absolute atomic E-state index is 12.3.